The van der Waals surface area contributed by atoms with Crippen molar-refractivity contribution in [3.05, 3.63) is 0 Å². The Hall–Kier alpha value is -0.410. The van der Waals surface area contributed by atoms with Crippen molar-refractivity contribution in [1.29, 1.82) is 0 Å². The van der Waals surface area contributed by atoms with E-state index in [-0.39, 0.29) is 6.29 Å². The largest absolute Gasteiger partial charge is 0.356 e. The number of carbonyl (C=O) groups excluding carboxylic acids is 1. The number of hydrogen-bond acceptors (Lipinski definition) is 3. The average Bonchev–Trinajstić information content (AvgIpc) is 2.03. The SMILES string of the molecule is CCC=O.COC(C)OC. The van der Waals surface area contributed by atoms with Gasteiger partial charge in [-0.1, -0.05) is 6.92 Å². The van der Waals surface area contributed by atoms with E-state index in [4.69, 9.17) is 0 Å². The molecule has 0 heterocycles. The first-order valence-electron chi connectivity index (χ1n) is 3.22. The normalized spacial score (nSPS) is 8.50. The zero-order chi connectivity index (χ0) is 8.41. The molecule has 0 bridgehead atoms. The summed E-state index contributed by atoms with van der Waals surface area (Å²) in [4.78, 5) is 9.17. The standard InChI is InChI=1S/C4H10O2.C3H6O/c1-4(5-2)6-3;1-2-3-4/h4H,1-3H3;3H,2H2,1H3. The van der Waals surface area contributed by atoms with E-state index in [2.05, 4.69) is 9.47 Å². The van der Waals surface area contributed by atoms with E-state index in [1.54, 1.807) is 14.2 Å². The van der Waals surface area contributed by atoms with Crippen LogP contribution in [0, 0.1) is 0 Å². The van der Waals surface area contributed by atoms with E-state index in [1.807, 2.05) is 13.8 Å². The van der Waals surface area contributed by atoms with Crippen molar-refractivity contribution in [2.24, 2.45) is 0 Å². The van der Waals surface area contributed by atoms with Gasteiger partial charge >= 0.3 is 0 Å². The molecule has 0 spiro atoms. The Labute approximate surface area is 62.3 Å². The van der Waals surface area contributed by atoms with Crippen molar-refractivity contribution in [3.8, 4) is 0 Å². The minimum Gasteiger partial charge on any atom is -0.356 e. The number of rotatable bonds is 3. The van der Waals surface area contributed by atoms with E-state index in [1.165, 1.54) is 0 Å². The van der Waals surface area contributed by atoms with E-state index in [9.17, 15) is 4.79 Å². The molecule has 0 aliphatic rings. The maximum atomic E-state index is 9.17. The molecule has 0 aromatic rings. The van der Waals surface area contributed by atoms with Crippen molar-refractivity contribution in [1.82, 2.24) is 0 Å². The molecule has 0 amide bonds. The Morgan fingerprint density at radius 3 is 1.70 bits per heavy atom. The molecule has 0 N–H and O–H groups in total. The fraction of sp³-hybridized carbons (Fsp3) is 0.857. The van der Waals surface area contributed by atoms with E-state index < -0.39 is 0 Å². The fourth-order valence-electron chi connectivity index (χ4n) is 0.0962. The van der Waals surface area contributed by atoms with Crippen LogP contribution in [-0.2, 0) is 14.3 Å². The predicted molar refractivity (Wildman–Crippen MR) is 39.8 cm³/mol. The smallest absolute Gasteiger partial charge is 0.154 e. The first kappa shape index (κ1) is 12.3. The molecule has 0 saturated carbocycles. The van der Waals surface area contributed by atoms with Crippen LogP contribution < -0.4 is 0 Å². The van der Waals surface area contributed by atoms with Gasteiger partial charge in [-0.25, -0.2) is 0 Å². The Morgan fingerprint density at radius 2 is 1.70 bits per heavy atom. The maximum Gasteiger partial charge on any atom is 0.154 e. The van der Waals surface area contributed by atoms with Gasteiger partial charge in [0.05, 0.1) is 0 Å². The summed E-state index contributed by atoms with van der Waals surface area (Å²) in [6, 6.07) is 0. The summed E-state index contributed by atoms with van der Waals surface area (Å²) in [6.07, 6.45) is 1.45. The van der Waals surface area contributed by atoms with Gasteiger partial charge in [0, 0.05) is 20.6 Å². The third-order valence-electron chi connectivity index (χ3n) is 0.831. The molecule has 0 aromatic heterocycles. The monoisotopic (exact) mass is 148 g/mol. The van der Waals surface area contributed by atoms with Crippen molar-refractivity contribution in [3.63, 3.8) is 0 Å². The number of ether oxygens (including phenoxy) is 2. The summed E-state index contributed by atoms with van der Waals surface area (Å²) >= 11 is 0. The molecule has 0 saturated heterocycles. The summed E-state index contributed by atoms with van der Waals surface area (Å²) < 4.78 is 9.35. The van der Waals surface area contributed by atoms with Crippen LogP contribution in [0.4, 0.5) is 0 Å². The van der Waals surface area contributed by atoms with Crippen LogP contribution >= 0.6 is 0 Å². The third-order valence-corrected chi connectivity index (χ3v) is 0.831. The van der Waals surface area contributed by atoms with Gasteiger partial charge in [-0.15, -0.1) is 0 Å². The molecule has 3 nitrogen and oxygen atoms in total. The molecule has 0 aliphatic carbocycles. The summed E-state index contributed by atoms with van der Waals surface area (Å²) in [5.74, 6) is 0. The fourth-order valence-corrected chi connectivity index (χ4v) is 0.0962. The first-order valence-corrected chi connectivity index (χ1v) is 3.22. The van der Waals surface area contributed by atoms with Crippen molar-refractivity contribution in [2.75, 3.05) is 14.2 Å². The highest BCUT2D eigenvalue weighted by Gasteiger charge is 1.87. The van der Waals surface area contributed by atoms with Gasteiger partial charge in [0.25, 0.3) is 0 Å². The van der Waals surface area contributed by atoms with Crippen LogP contribution in [0.3, 0.4) is 0 Å². The van der Waals surface area contributed by atoms with Gasteiger partial charge in [-0.2, -0.15) is 0 Å². The molecule has 0 unspecified atom stereocenters. The second-order valence-electron chi connectivity index (χ2n) is 1.61. The molecule has 0 atom stereocenters. The summed E-state index contributed by atoms with van der Waals surface area (Å²) in [5.41, 5.74) is 0. The Kier molecular flexibility index (Phi) is 14.0. The molecular formula is C7H16O3. The molecule has 0 radical (unpaired) electrons. The topological polar surface area (TPSA) is 35.5 Å². The van der Waals surface area contributed by atoms with Gasteiger partial charge in [-0.05, 0) is 6.92 Å². The molecule has 62 valence electrons. The number of aldehydes is 1. The lowest BCUT2D eigenvalue weighted by Gasteiger charge is -2.03. The van der Waals surface area contributed by atoms with Gasteiger partial charge in [-0.3, -0.25) is 0 Å². The third kappa shape index (κ3) is 15.6. The lowest BCUT2D eigenvalue weighted by atomic mass is 10.6. The molecular weight excluding hydrogens is 132 g/mol. The highest BCUT2D eigenvalue weighted by atomic mass is 16.7. The van der Waals surface area contributed by atoms with E-state index in [0.29, 0.717) is 6.42 Å². The van der Waals surface area contributed by atoms with Gasteiger partial charge < -0.3 is 14.3 Å². The maximum absolute atomic E-state index is 9.17. The molecule has 0 aromatic carbocycles. The van der Waals surface area contributed by atoms with Crippen LogP contribution in [-0.4, -0.2) is 26.8 Å². The number of hydrogen-bond donors (Lipinski definition) is 0. The first-order chi connectivity index (χ1) is 4.72. The Balaban J connectivity index is 0. The van der Waals surface area contributed by atoms with Crippen LogP contribution in [0.1, 0.15) is 20.3 Å². The second kappa shape index (κ2) is 11.4. The number of methoxy groups -OCH3 is 2. The van der Waals surface area contributed by atoms with E-state index in [0.717, 1.165) is 6.29 Å². The average molecular weight is 148 g/mol. The minimum atomic E-state index is -0.0648. The van der Waals surface area contributed by atoms with E-state index >= 15 is 0 Å². The zero-order valence-corrected chi connectivity index (χ0v) is 7.09. The van der Waals surface area contributed by atoms with Crippen LogP contribution in [0.15, 0.2) is 0 Å². The number of carbonyl (C=O) groups is 1. The van der Waals surface area contributed by atoms with Crippen LogP contribution in [0.25, 0.3) is 0 Å². The van der Waals surface area contributed by atoms with Gasteiger partial charge in [0.2, 0.25) is 0 Å². The van der Waals surface area contributed by atoms with Gasteiger partial charge in [0.15, 0.2) is 6.29 Å². The molecule has 3 heteroatoms. The van der Waals surface area contributed by atoms with Crippen LogP contribution in [0.5, 0.6) is 0 Å². The lowest BCUT2D eigenvalue weighted by molar-refractivity contribution is -0.107. The second-order valence-corrected chi connectivity index (χ2v) is 1.61. The molecule has 10 heavy (non-hydrogen) atoms. The minimum absolute atomic E-state index is 0.0648. The highest BCUT2D eigenvalue weighted by molar-refractivity contribution is 5.48. The predicted octanol–water partition coefficient (Wildman–Crippen LogP) is 1.22. The molecule has 0 aliphatic heterocycles. The lowest BCUT2D eigenvalue weighted by Crippen LogP contribution is -2.05. The summed E-state index contributed by atoms with van der Waals surface area (Å²) in [7, 11) is 3.21. The summed E-state index contributed by atoms with van der Waals surface area (Å²) in [5, 5.41) is 0. The summed E-state index contributed by atoms with van der Waals surface area (Å²) in [6.45, 7) is 3.65. The van der Waals surface area contributed by atoms with Crippen molar-refractivity contribution in [2.45, 2.75) is 26.6 Å². The highest BCUT2D eigenvalue weighted by Crippen LogP contribution is 1.82. The molecule has 0 rings (SSSR count). The quantitative estimate of drug-likeness (QED) is 0.446. The zero-order valence-electron chi connectivity index (χ0n) is 7.09. The Morgan fingerprint density at radius 1 is 1.40 bits per heavy atom. The Bertz CT molecular complexity index is 59.9. The van der Waals surface area contributed by atoms with Crippen molar-refractivity contribution < 1.29 is 14.3 Å². The van der Waals surface area contributed by atoms with Crippen molar-refractivity contribution >= 4 is 6.29 Å². The molecule has 0 fully saturated rings. The van der Waals surface area contributed by atoms with Crippen LogP contribution in [0.2, 0.25) is 0 Å². The van der Waals surface area contributed by atoms with Gasteiger partial charge in [0.1, 0.15) is 6.29 Å².